The molecule has 3 N–H and O–H groups in total. The largest absolute Gasteiger partial charge is 0.477 e. The summed E-state index contributed by atoms with van der Waals surface area (Å²) < 4.78 is 0. The number of benzene rings is 1. The topological polar surface area (TPSA) is 108 Å². The minimum atomic E-state index is -0.999. The Hall–Kier alpha value is -2.74. The number of aromatic amines is 1. The highest BCUT2D eigenvalue weighted by atomic mass is 32.1. The maximum absolute atomic E-state index is 12.1. The van der Waals surface area contributed by atoms with Gasteiger partial charge in [-0.1, -0.05) is 18.2 Å². The summed E-state index contributed by atoms with van der Waals surface area (Å²) in [7, 11) is 0. The van der Waals surface area contributed by atoms with Gasteiger partial charge >= 0.3 is 5.97 Å². The molecule has 3 aromatic rings. The van der Waals surface area contributed by atoms with Crippen LogP contribution in [0.4, 0.5) is 0 Å². The summed E-state index contributed by atoms with van der Waals surface area (Å²) >= 11 is 1.07. The molecule has 0 aliphatic heterocycles. The molecule has 2 aromatic heterocycles. The maximum Gasteiger partial charge on any atom is 0.347 e. The summed E-state index contributed by atoms with van der Waals surface area (Å²) in [4.78, 5) is 27.4. The first-order valence-corrected chi connectivity index (χ1v) is 7.74. The molecule has 1 amide bonds. The van der Waals surface area contributed by atoms with Crippen molar-refractivity contribution in [2.45, 2.75) is 19.9 Å². The molecule has 0 radical (unpaired) electrons. The number of hydrogen-bond donors (Lipinski definition) is 3. The number of hydrogen-bond acceptors (Lipinski definition) is 5. The zero-order chi connectivity index (χ0) is 16.4. The number of carbonyl (C=O) groups is 2. The quantitative estimate of drug-likeness (QED) is 0.662. The van der Waals surface area contributed by atoms with Crippen LogP contribution in [0.3, 0.4) is 0 Å². The lowest BCUT2D eigenvalue weighted by molar-refractivity contribution is -0.120. The lowest BCUT2D eigenvalue weighted by Gasteiger charge is -2.02. The molecule has 0 aliphatic carbocycles. The summed E-state index contributed by atoms with van der Waals surface area (Å²) in [5.74, 6) is -1.18. The second kappa shape index (κ2) is 6.17. The molecule has 0 unspecified atom stereocenters. The van der Waals surface area contributed by atoms with Crippen LogP contribution in [0.15, 0.2) is 24.3 Å². The van der Waals surface area contributed by atoms with E-state index in [4.69, 9.17) is 5.11 Å². The molecule has 8 heteroatoms. The van der Waals surface area contributed by atoms with Gasteiger partial charge in [-0.25, -0.2) is 9.78 Å². The average Bonchev–Trinajstić information content (AvgIpc) is 3.09. The first-order valence-electron chi connectivity index (χ1n) is 6.93. The van der Waals surface area contributed by atoms with Crippen molar-refractivity contribution in [3.63, 3.8) is 0 Å². The summed E-state index contributed by atoms with van der Waals surface area (Å²) in [5.41, 5.74) is 2.03. The summed E-state index contributed by atoms with van der Waals surface area (Å²) in [6.07, 6.45) is 0.177. The van der Waals surface area contributed by atoms with Crippen LogP contribution in [-0.2, 0) is 17.8 Å². The fourth-order valence-electron chi connectivity index (χ4n) is 2.27. The maximum atomic E-state index is 12.1. The average molecular weight is 330 g/mol. The number of aryl methyl sites for hydroxylation is 1. The predicted octanol–water partition coefficient (Wildman–Crippen LogP) is 1.88. The van der Waals surface area contributed by atoms with Gasteiger partial charge in [0.2, 0.25) is 5.91 Å². The van der Waals surface area contributed by atoms with E-state index in [1.165, 1.54) is 0 Å². The number of aromatic nitrogens is 3. The first kappa shape index (κ1) is 15.2. The Labute approximate surface area is 135 Å². The number of para-hydroxylation sites is 1. The van der Waals surface area contributed by atoms with Gasteiger partial charge in [0.1, 0.15) is 9.88 Å². The fraction of sp³-hybridized carbons (Fsp3) is 0.200. The number of amides is 1. The second-order valence-corrected chi connectivity index (χ2v) is 6.08. The molecule has 0 bridgehead atoms. The van der Waals surface area contributed by atoms with Crippen molar-refractivity contribution in [1.29, 1.82) is 0 Å². The Balaban J connectivity index is 1.64. The second-order valence-electron chi connectivity index (χ2n) is 5.00. The number of carbonyl (C=O) groups excluding carboxylic acids is 1. The highest BCUT2D eigenvalue weighted by Gasteiger charge is 2.15. The van der Waals surface area contributed by atoms with Crippen molar-refractivity contribution in [2.24, 2.45) is 0 Å². The zero-order valence-corrected chi connectivity index (χ0v) is 13.1. The van der Waals surface area contributed by atoms with Crippen molar-refractivity contribution >= 4 is 34.1 Å². The van der Waals surface area contributed by atoms with Crippen LogP contribution >= 0.6 is 11.3 Å². The van der Waals surface area contributed by atoms with E-state index in [9.17, 15) is 9.59 Å². The van der Waals surface area contributed by atoms with Crippen molar-refractivity contribution in [3.05, 3.63) is 45.5 Å². The SMILES string of the molecule is Cc1nc(CNC(=O)Cc2[nH]nc3ccccc23)sc1C(=O)O. The highest BCUT2D eigenvalue weighted by Crippen LogP contribution is 2.18. The van der Waals surface area contributed by atoms with Crippen molar-refractivity contribution in [2.75, 3.05) is 0 Å². The van der Waals surface area contributed by atoms with Gasteiger partial charge in [-0.15, -0.1) is 11.3 Å². The fourth-order valence-corrected chi connectivity index (χ4v) is 3.12. The van der Waals surface area contributed by atoms with Crippen molar-refractivity contribution < 1.29 is 14.7 Å². The van der Waals surface area contributed by atoms with Crippen LogP contribution in [0.1, 0.15) is 26.1 Å². The molecule has 118 valence electrons. The number of carboxylic acid groups (broad SMARTS) is 1. The third kappa shape index (κ3) is 3.21. The van der Waals surface area contributed by atoms with Crippen molar-refractivity contribution in [3.8, 4) is 0 Å². The molecule has 1 aromatic carbocycles. The van der Waals surface area contributed by atoms with Gasteiger partial charge in [-0.2, -0.15) is 5.10 Å². The van der Waals surface area contributed by atoms with E-state index in [1.54, 1.807) is 6.92 Å². The molecule has 0 saturated heterocycles. The number of fused-ring (bicyclic) bond motifs is 1. The Morgan fingerprint density at radius 3 is 2.87 bits per heavy atom. The predicted molar refractivity (Wildman–Crippen MR) is 85.5 cm³/mol. The summed E-state index contributed by atoms with van der Waals surface area (Å²) in [5, 5.41) is 20.3. The van der Waals surface area contributed by atoms with Gasteiger partial charge in [0, 0.05) is 5.39 Å². The van der Waals surface area contributed by atoms with Gasteiger partial charge < -0.3 is 10.4 Å². The smallest absolute Gasteiger partial charge is 0.347 e. The van der Waals surface area contributed by atoms with Gasteiger partial charge in [0.05, 0.1) is 29.9 Å². The number of aromatic carboxylic acids is 1. The van der Waals surface area contributed by atoms with E-state index in [1.807, 2.05) is 24.3 Å². The third-order valence-electron chi connectivity index (χ3n) is 3.35. The summed E-state index contributed by atoms with van der Waals surface area (Å²) in [6.45, 7) is 1.85. The standard InChI is InChI=1S/C15H14N4O3S/c1-8-14(15(21)22)23-13(17-8)7-16-12(20)6-11-9-4-2-3-5-10(9)18-19-11/h2-5H,6-7H2,1H3,(H,16,20)(H,18,19)(H,21,22). The van der Waals surface area contributed by atoms with Gasteiger partial charge in [-0.3, -0.25) is 9.89 Å². The number of nitrogens with zero attached hydrogens (tertiary/aromatic N) is 2. The van der Waals surface area contributed by atoms with Crippen LogP contribution < -0.4 is 5.32 Å². The Bertz CT molecular complexity index is 884. The molecule has 7 nitrogen and oxygen atoms in total. The molecule has 0 fully saturated rings. The summed E-state index contributed by atoms with van der Waals surface area (Å²) in [6, 6.07) is 7.56. The molecule has 0 atom stereocenters. The van der Waals surface area contributed by atoms with E-state index >= 15 is 0 Å². The molecule has 0 spiro atoms. The van der Waals surface area contributed by atoms with Gasteiger partial charge in [0.25, 0.3) is 0 Å². The van der Waals surface area contributed by atoms with Crippen LogP contribution in [0, 0.1) is 6.92 Å². The van der Waals surface area contributed by atoms with E-state index in [-0.39, 0.29) is 23.7 Å². The molecular weight excluding hydrogens is 316 g/mol. The van der Waals surface area contributed by atoms with Crippen LogP contribution in [-0.4, -0.2) is 32.2 Å². The van der Waals surface area contributed by atoms with Crippen LogP contribution in [0.2, 0.25) is 0 Å². The lowest BCUT2D eigenvalue weighted by Crippen LogP contribution is -2.24. The minimum Gasteiger partial charge on any atom is -0.477 e. The molecule has 0 saturated carbocycles. The first-order chi connectivity index (χ1) is 11.0. The molecular formula is C15H14N4O3S. The van der Waals surface area contributed by atoms with E-state index in [0.29, 0.717) is 10.7 Å². The van der Waals surface area contributed by atoms with E-state index in [0.717, 1.165) is 27.9 Å². The number of carboxylic acids is 1. The van der Waals surface area contributed by atoms with E-state index in [2.05, 4.69) is 20.5 Å². The third-order valence-corrected chi connectivity index (χ3v) is 4.50. The zero-order valence-electron chi connectivity index (χ0n) is 12.3. The van der Waals surface area contributed by atoms with Crippen molar-refractivity contribution in [1.82, 2.24) is 20.5 Å². The lowest BCUT2D eigenvalue weighted by atomic mass is 10.1. The monoisotopic (exact) mass is 330 g/mol. The Kier molecular flexibility index (Phi) is 4.07. The van der Waals surface area contributed by atoms with Crippen LogP contribution in [0.25, 0.3) is 10.9 Å². The number of thiazole rings is 1. The number of H-pyrrole nitrogens is 1. The molecule has 23 heavy (non-hydrogen) atoms. The molecule has 2 heterocycles. The molecule has 3 rings (SSSR count). The number of nitrogens with one attached hydrogen (secondary N) is 2. The van der Waals surface area contributed by atoms with Crippen LogP contribution in [0.5, 0.6) is 0 Å². The normalized spacial score (nSPS) is 10.8. The van der Waals surface area contributed by atoms with Gasteiger partial charge in [0.15, 0.2) is 0 Å². The highest BCUT2D eigenvalue weighted by molar-refractivity contribution is 7.13. The number of rotatable bonds is 5. The van der Waals surface area contributed by atoms with Gasteiger partial charge in [-0.05, 0) is 13.0 Å². The molecule has 0 aliphatic rings. The minimum absolute atomic E-state index is 0.177. The Morgan fingerprint density at radius 1 is 1.35 bits per heavy atom. The Morgan fingerprint density at radius 2 is 2.13 bits per heavy atom. The van der Waals surface area contributed by atoms with E-state index < -0.39 is 5.97 Å².